The standard InChI is InChI=1S/C20H25BF3NO8/c1-2-3-10-30-19(28)32-12-31-18(27)14-7-4-6-13-11-15(21(29)33-17(13)14)25-16(26)8-5-9-20(22,23)24/h4,6-7,15,29H,2-3,5,8-12H2,1H3,(H,25,26). The Morgan fingerprint density at radius 1 is 1.21 bits per heavy atom. The summed E-state index contributed by atoms with van der Waals surface area (Å²) in [4.78, 5) is 35.6. The fraction of sp³-hybridized carbons (Fsp3) is 0.550. The van der Waals surface area contributed by atoms with Crippen LogP contribution in [-0.4, -0.2) is 55.7 Å². The van der Waals surface area contributed by atoms with Crippen LogP contribution in [0.25, 0.3) is 0 Å². The maximum absolute atomic E-state index is 12.3. The van der Waals surface area contributed by atoms with Gasteiger partial charge in [0.1, 0.15) is 11.3 Å². The number of rotatable bonds is 10. The Bertz CT molecular complexity index is 836. The molecule has 2 rings (SSSR count). The number of esters is 1. The first-order valence-corrected chi connectivity index (χ1v) is 10.4. The topological polar surface area (TPSA) is 120 Å². The van der Waals surface area contributed by atoms with Crippen molar-refractivity contribution >= 4 is 25.2 Å². The molecule has 0 aliphatic carbocycles. The molecule has 0 saturated heterocycles. The van der Waals surface area contributed by atoms with Crippen molar-refractivity contribution in [1.29, 1.82) is 0 Å². The van der Waals surface area contributed by atoms with E-state index in [0.29, 0.717) is 12.0 Å². The molecule has 1 unspecified atom stereocenters. The second-order valence-electron chi connectivity index (χ2n) is 7.30. The summed E-state index contributed by atoms with van der Waals surface area (Å²) in [5.74, 6) is -2.42. The van der Waals surface area contributed by atoms with Gasteiger partial charge in [-0.1, -0.05) is 25.5 Å². The van der Waals surface area contributed by atoms with E-state index >= 15 is 0 Å². The Hall–Kier alpha value is -2.96. The minimum absolute atomic E-state index is 0.0306. The summed E-state index contributed by atoms with van der Waals surface area (Å²) in [6.45, 7) is 1.42. The van der Waals surface area contributed by atoms with Crippen molar-refractivity contribution in [2.24, 2.45) is 0 Å². The number of carbonyl (C=O) groups excluding carboxylic acids is 3. The van der Waals surface area contributed by atoms with Gasteiger partial charge in [-0.2, -0.15) is 13.2 Å². The van der Waals surface area contributed by atoms with Crippen molar-refractivity contribution in [3.05, 3.63) is 29.3 Å². The first-order valence-electron chi connectivity index (χ1n) is 10.4. The summed E-state index contributed by atoms with van der Waals surface area (Å²) in [7, 11) is -1.54. The average Bonchev–Trinajstić information content (AvgIpc) is 2.73. The number of unbranched alkanes of at least 4 members (excludes halogenated alkanes) is 1. The second kappa shape index (κ2) is 12.3. The highest BCUT2D eigenvalue weighted by atomic mass is 19.4. The summed E-state index contributed by atoms with van der Waals surface area (Å²) in [5, 5.41) is 12.7. The molecule has 0 aromatic heterocycles. The predicted octanol–water partition coefficient (Wildman–Crippen LogP) is 2.93. The number of carbonyl (C=O) groups is 3. The summed E-state index contributed by atoms with van der Waals surface area (Å²) in [6, 6.07) is 4.50. The average molecular weight is 475 g/mol. The van der Waals surface area contributed by atoms with E-state index in [1.54, 1.807) is 6.07 Å². The molecule has 1 aliphatic heterocycles. The third-order valence-corrected chi connectivity index (χ3v) is 4.63. The van der Waals surface area contributed by atoms with Crippen molar-refractivity contribution in [2.75, 3.05) is 13.4 Å². The molecule has 1 heterocycles. The summed E-state index contributed by atoms with van der Waals surface area (Å²) in [5.41, 5.74) is 0.430. The molecule has 0 fully saturated rings. The molecule has 9 nitrogen and oxygen atoms in total. The molecule has 0 spiro atoms. The molecule has 0 radical (unpaired) electrons. The molecule has 13 heteroatoms. The van der Waals surface area contributed by atoms with Crippen LogP contribution in [0.5, 0.6) is 5.75 Å². The van der Waals surface area contributed by atoms with E-state index in [4.69, 9.17) is 14.1 Å². The quantitative estimate of drug-likeness (QED) is 0.230. The Balaban J connectivity index is 1.90. The molecular formula is C20H25BF3NO8. The lowest BCUT2D eigenvalue weighted by Gasteiger charge is -2.29. The van der Waals surface area contributed by atoms with Crippen LogP contribution in [0.15, 0.2) is 18.2 Å². The van der Waals surface area contributed by atoms with E-state index in [1.165, 1.54) is 12.1 Å². The SMILES string of the molecule is CCCCOC(=O)OCOC(=O)c1cccc2c1OB(O)C(NC(=O)CCCC(F)(F)F)C2. The van der Waals surface area contributed by atoms with Gasteiger partial charge in [0.05, 0.1) is 12.5 Å². The van der Waals surface area contributed by atoms with Gasteiger partial charge in [-0.25, -0.2) is 9.59 Å². The van der Waals surface area contributed by atoms with Crippen LogP contribution < -0.4 is 9.97 Å². The van der Waals surface area contributed by atoms with Gasteiger partial charge in [-0.05, 0) is 30.9 Å². The predicted molar refractivity (Wildman–Crippen MR) is 108 cm³/mol. The molecule has 1 aliphatic rings. The molecule has 2 N–H and O–H groups in total. The van der Waals surface area contributed by atoms with E-state index in [0.717, 1.165) is 6.42 Å². The summed E-state index contributed by atoms with van der Waals surface area (Å²) in [6.07, 6.45) is -5.58. The number of nitrogens with one attached hydrogen (secondary N) is 1. The lowest BCUT2D eigenvalue weighted by molar-refractivity contribution is -0.137. The fourth-order valence-corrected chi connectivity index (χ4v) is 2.99. The highest BCUT2D eigenvalue weighted by Crippen LogP contribution is 2.31. The first-order chi connectivity index (χ1) is 15.6. The van der Waals surface area contributed by atoms with E-state index in [2.05, 4.69) is 10.1 Å². The molecule has 0 bridgehead atoms. The van der Waals surface area contributed by atoms with Crippen molar-refractivity contribution in [3.63, 3.8) is 0 Å². The van der Waals surface area contributed by atoms with Crippen molar-refractivity contribution in [2.45, 2.75) is 57.6 Å². The molecule has 33 heavy (non-hydrogen) atoms. The van der Waals surface area contributed by atoms with Gasteiger partial charge in [0.2, 0.25) is 12.7 Å². The number of halogens is 3. The van der Waals surface area contributed by atoms with Crippen molar-refractivity contribution in [1.82, 2.24) is 5.32 Å². The Morgan fingerprint density at radius 2 is 1.97 bits per heavy atom. The minimum Gasteiger partial charge on any atom is -0.534 e. The van der Waals surface area contributed by atoms with Gasteiger partial charge >= 0.3 is 25.4 Å². The van der Waals surface area contributed by atoms with Gasteiger partial charge in [-0.3, -0.25) is 4.79 Å². The number of fused-ring (bicyclic) bond motifs is 1. The monoisotopic (exact) mass is 475 g/mol. The van der Waals surface area contributed by atoms with Gasteiger partial charge < -0.3 is 29.2 Å². The zero-order chi connectivity index (χ0) is 24.4. The molecule has 1 atom stereocenters. The second-order valence-corrected chi connectivity index (χ2v) is 7.30. The lowest BCUT2D eigenvalue weighted by Crippen LogP contribution is -2.53. The first kappa shape index (κ1) is 26.3. The molecule has 1 aromatic carbocycles. The smallest absolute Gasteiger partial charge is 0.534 e. The highest BCUT2D eigenvalue weighted by molar-refractivity contribution is 6.47. The molecule has 182 valence electrons. The van der Waals surface area contributed by atoms with Crippen LogP contribution >= 0.6 is 0 Å². The molecule has 1 amide bonds. The zero-order valence-corrected chi connectivity index (χ0v) is 18.0. The van der Waals surface area contributed by atoms with Gasteiger partial charge in [-0.15, -0.1) is 0 Å². The van der Waals surface area contributed by atoms with Crippen molar-refractivity contribution in [3.8, 4) is 5.75 Å². The molecule has 1 aromatic rings. The number of ether oxygens (including phenoxy) is 3. The van der Waals surface area contributed by atoms with E-state index in [1.807, 2.05) is 6.92 Å². The minimum atomic E-state index is -4.35. The number of benzene rings is 1. The van der Waals surface area contributed by atoms with Crippen LogP contribution in [0.4, 0.5) is 18.0 Å². The molecule has 0 saturated carbocycles. The van der Waals surface area contributed by atoms with Crippen LogP contribution in [0.2, 0.25) is 0 Å². The maximum atomic E-state index is 12.3. The molecular weight excluding hydrogens is 450 g/mol. The normalized spacial score (nSPS) is 15.2. The largest absolute Gasteiger partial charge is 0.547 e. The lowest BCUT2D eigenvalue weighted by atomic mass is 9.72. The van der Waals surface area contributed by atoms with Crippen LogP contribution in [0, 0.1) is 0 Å². The number of alkyl halides is 3. The van der Waals surface area contributed by atoms with Gasteiger partial charge in [0, 0.05) is 12.8 Å². The maximum Gasteiger partial charge on any atom is 0.547 e. The number of hydrogen-bond donors (Lipinski definition) is 2. The Morgan fingerprint density at radius 3 is 2.67 bits per heavy atom. The van der Waals surface area contributed by atoms with Crippen LogP contribution in [0.3, 0.4) is 0 Å². The van der Waals surface area contributed by atoms with E-state index in [9.17, 15) is 32.6 Å². The summed E-state index contributed by atoms with van der Waals surface area (Å²) < 4.78 is 56.3. The third kappa shape index (κ3) is 8.83. The highest BCUT2D eigenvalue weighted by Gasteiger charge is 2.38. The summed E-state index contributed by atoms with van der Waals surface area (Å²) >= 11 is 0. The number of amides is 1. The van der Waals surface area contributed by atoms with Crippen LogP contribution in [0.1, 0.15) is 54.9 Å². The Labute approximate surface area is 188 Å². The van der Waals surface area contributed by atoms with E-state index < -0.39 is 50.5 Å². The zero-order valence-electron chi connectivity index (χ0n) is 18.0. The number of hydrogen-bond acceptors (Lipinski definition) is 8. The third-order valence-electron chi connectivity index (χ3n) is 4.63. The van der Waals surface area contributed by atoms with Crippen LogP contribution in [-0.2, 0) is 25.4 Å². The number of para-hydroxylation sites is 1. The van der Waals surface area contributed by atoms with Gasteiger partial charge in [0.25, 0.3) is 0 Å². The fourth-order valence-electron chi connectivity index (χ4n) is 2.99. The van der Waals surface area contributed by atoms with Gasteiger partial charge in [0.15, 0.2) is 0 Å². The van der Waals surface area contributed by atoms with Crippen molar-refractivity contribution < 1.29 is 51.4 Å². The van der Waals surface area contributed by atoms with E-state index in [-0.39, 0.29) is 37.2 Å². The Kier molecular flexibility index (Phi) is 9.83.